The van der Waals surface area contributed by atoms with Crippen molar-refractivity contribution in [1.29, 1.82) is 0 Å². The summed E-state index contributed by atoms with van der Waals surface area (Å²) in [4.78, 5) is 0. The van der Waals surface area contributed by atoms with Gasteiger partial charge in [-0.25, -0.2) is 0 Å². The molecule has 0 amide bonds. The minimum Gasteiger partial charge on any atom is -0.493 e. The van der Waals surface area contributed by atoms with Crippen LogP contribution in [0, 0.1) is 0 Å². The van der Waals surface area contributed by atoms with Crippen LogP contribution in [0.5, 0.6) is 11.5 Å². The largest absolute Gasteiger partial charge is 0.493 e. The summed E-state index contributed by atoms with van der Waals surface area (Å²) < 4.78 is 16.0. The summed E-state index contributed by atoms with van der Waals surface area (Å²) in [6, 6.07) is 5.88. The molecule has 4 nitrogen and oxygen atoms in total. The van der Waals surface area contributed by atoms with Crippen molar-refractivity contribution in [2.45, 2.75) is 6.23 Å². The first kappa shape index (κ1) is 10.3. The van der Waals surface area contributed by atoms with Gasteiger partial charge in [-0.1, -0.05) is 0 Å². The highest BCUT2D eigenvalue weighted by atomic mass is 16.5. The van der Waals surface area contributed by atoms with Gasteiger partial charge < -0.3 is 19.5 Å². The van der Waals surface area contributed by atoms with Gasteiger partial charge in [-0.3, -0.25) is 0 Å². The van der Waals surface area contributed by atoms with E-state index < -0.39 is 0 Å². The van der Waals surface area contributed by atoms with Crippen LogP contribution in [0.25, 0.3) is 0 Å². The van der Waals surface area contributed by atoms with Crippen LogP contribution in [0.1, 0.15) is 11.8 Å². The molecule has 0 aliphatic carbocycles. The number of rotatable bonds is 3. The van der Waals surface area contributed by atoms with Gasteiger partial charge >= 0.3 is 0 Å². The lowest BCUT2D eigenvalue weighted by Crippen LogP contribution is -2.82. The Morgan fingerprint density at radius 3 is 2.67 bits per heavy atom. The molecule has 0 spiro atoms. The predicted octanol–water partition coefficient (Wildman–Crippen LogP) is 0.296. The monoisotopic (exact) mass is 210 g/mol. The fraction of sp³-hybridized carbons (Fsp3) is 0.455. The Morgan fingerprint density at radius 2 is 2.07 bits per heavy atom. The molecule has 0 bridgehead atoms. The average molecular weight is 210 g/mol. The van der Waals surface area contributed by atoms with E-state index in [0.717, 1.165) is 30.2 Å². The summed E-state index contributed by atoms with van der Waals surface area (Å²) in [6.07, 6.45) is 0.102. The van der Waals surface area contributed by atoms with E-state index in [1.54, 1.807) is 14.2 Å². The van der Waals surface area contributed by atoms with Gasteiger partial charge in [0.2, 0.25) is 6.23 Å². The summed E-state index contributed by atoms with van der Waals surface area (Å²) in [7, 11) is 3.27. The molecule has 1 aromatic rings. The molecule has 0 radical (unpaired) electrons. The van der Waals surface area contributed by atoms with Crippen molar-refractivity contribution in [3.8, 4) is 11.5 Å². The normalized spacial score (nSPS) is 20.3. The summed E-state index contributed by atoms with van der Waals surface area (Å²) in [6.45, 7) is 1.82. The van der Waals surface area contributed by atoms with Crippen LogP contribution < -0.4 is 14.8 Å². The molecule has 15 heavy (non-hydrogen) atoms. The van der Waals surface area contributed by atoms with Crippen LogP contribution in [0.3, 0.4) is 0 Å². The maximum atomic E-state index is 5.56. The van der Waals surface area contributed by atoms with Crippen molar-refractivity contribution in [2.75, 3.05) is 27.4 Å². The third-order valence-electron chi connectivity index (χ3n) is 2.53. The van der Waals surface area contributed by atoms with Crippen molar-refractivity contribution in [3.05, 3.63) is 23.8 Å². The molecule has 1 saturated heterocycles. The first-order chi connectivity index (χ1) is 7.35. The molecule has 82 valence electrons. The molecule has 0 unspecified atom stereocenters. The number of ether oxygens (including phenoxy) is 3. The molecule has 0 saturated carbocycles. The zero-order chi connectivity index (χ0) is 10.7. The molecule has 1 fully saturated rings. The Bertz CT molecular complexity index is 335. The SMILES string of the molecule is COc1ccc([C@@H]2[NH2+]CCO2)cc1OC. The Kier molecular flexibility index (Phi) is 3.08. The lowest BCUT2D eigenvalue weighted by atomic mass is 10.2. The molecular formula is C11H16NO3+. The van der Waals surface area contributed by atoms with Crippen molar-refractivity contribution >= 4 is 0 Å². The molecule has 0 aromatic heterocycles. The van der Waals surface area contributed by atoms with E-state index in [2.05, 4.69) is 5.32 Å². The number of benzene rings is 1. The van der Waals surface area contributed by atoms with Gasteiger partial charge in [0, 0.05) is 5.56 Å². The summed E-state index contributed by atoms with van der Waals surface area (Å²) >= 11 is 0. The van der Waals surface area contributed by atoms with E-state index in [-0.39, 0.29) is 6.23 Å². The van der Waals surface area contributed by atoms with Crippen molar-refractivity contribution in [3.63, 3.8) is 0 Å². The van der Waals surface area contributed by atoms with Gasteiger partial charge in [-0.15, -0.1) is 0 Å². The van der Waals surface area contributed by atoms with Crippen molar-refractivity contribution < 1.29 is 19.5 Å². The minimum atomic E-state index is 0.102. The molecule has 1 atom stereocenters. The predicted molar refractivity (Wildman–Crippen MR) is 55.0 cm³/mol. The van der Waals surface area contributed by atoms with Gasteiger partial charge in [0.25, 0.3) is 0 Å². The van der Waals surface area contributed by atoms with Crippen LogP contribution in [0.2, 0.25) is 0 Å². The summed E-state index contributed by atoms with van der Waals surface area (Å²) in [5.74, 6) is 1.50. The molecule has 1 heterocycles. The molecule has 2 rings (SSSR count). The van der Waals surface area contributed by atoms with E-state index in [1.165, 1.54) is 0 Å². The third-order valence-corrected chi connectivity index (χ3v) is 2.53. The molecule has 4 heteroatoms. The van der Waals surface area contributed by atoms with Crippen molar-refractivity contribution in [2.24, 2.45) is 0 Å². The first-order valence-electron chi connectivity index (χ1n) is 5.02. The van der Waals surface area contributed by atoms with Gasteiger partial charge in [0.05, 0.1) is 14.2 Å². The third kappa shape index (κ3) is 2.06. The van der Waals surface area contributed by atoms with Crippen LogP contribution in [-0.2, 0) is 4.74 Å². The second-order valence-corrected chi connectivity index (χ2v) is 3.43. The van der Waals surface area contributed by atoms with E-state index in [4.69, 9.17) is 14.2 Å². The van der Waals surface area contributed by atoms with Gasteiger partial charge in [0.1, 0.15) is 13.2 Å². The molecule has 1 aliphatic heterocycles. The topological polar surface area (TPSA) is 44.3 Å². The smallest absolute Gasteiger partial charge is 0.217 e. The van der Waals surface area contributed by atoms with Crippen LogP contribution in [0.4, 0.5) is 0 Å². The fourth-order valence-corrected chi connectivity index (χ4v) is 1.74. The maximum Gasteiger partial charge on any atom is 0.217 e. The van der Waals surface area contributed by atoms with Crippen LogP contribution in [0.15, 0.2) is 18.2 Å². The van der Waals surface area contributed by atoms with E-state index in [0.29, 0.717) is 0 Å². The zero-order valence-electron chi connectivity index (χ0n) is 9.03. The number of hydrogen-bond acceptors (Lipinski definition) is 3. The zero-order valence-corrected chi connectivity index (χ0v) is 9.03. The van der Waals surface area contributed by atoms with Gasteiger partial charge in [-0.2, -0.15) is 0 Å². The fourth-order valence-electron chi connectivity index (χ4n) is 1.74. The Hall–Kier alpha value is -1.26. The quantitative estimate of drug-likeness (QED) is 0.780. The van der Waals surface area contributed by atoms with Crippen molar-refractivity contribution in [1.82, 2.24) is 0 Å². The molecule has 1 aromatic carbocycles. The Morgan fingerprint density at radius 1 is 1.27 bits per heavy atom. The van der Waals surface area contributed by atoms with Crippen LogP contribution in [-0.4, -0.2) is 27.4 Å². The van der Waals surface area contributed by atoms with E-state index in [9.17, 15) is 0 Å². The highest BCUT2D eigenvalue weighted by Crippen LogP contribution is 2.29. The minimum absolute atomic E-state index is 0.102. The summed E-state index contributed by atoms with van der Waals surface area (Å²) in [5.41, 5.74) is 1.12. The highest BCUT2D eigenvalue weighted by molar-refractivity contribution is 5.43. The molecule has 1 aliphatic rings. The lowest BCUT2D eigenvalue weighted by molar-refractivity contribution is -0.697. The average Bonchev–Trinajstić information content (AvgIpc) is 2.81. The van der Waals surface area contributed by atoms with Gasteiger partial charge in [-0.05, 0) is 18.2 Å². The Labute approximate surface area is 89.1 Å². The number of nitrogens with two attached hydrogens (primary N) is 1. The number of methoxy groups -OCH3 is 2. The number of hydrogen-bond donors (Lipinski definition) is 1. The van der Waals surface area contributed by atoms with Gasteiger partial charge in [0.15, 0.2) is 11.5 Å². The van der Waals surface area contributed by atoms with E-state index >= 15 is 0 Å². The second-order valence-electron chi connectivity index (χ2n) is 3.43. The van der Waals surface area contributed by atoms with E-state index in [1.807, 2.05) is 18.2 Å². The molecule has 2 N–H and O–H groups in total. The standard InChI is InChI=1S/C11H15NO3/c1-13-9-4-3-8(7-10(9)14-2)11-12-5-6-15-11/h3-4,7,11-12H,5-6H2,1-2H3/p+1/t11-/m1/s1. The van der Waals surface area contributed by atoms with Crippen LogP contribution >= 0.6 is 0 Å². The second kappa shape index (κ2) is 4.51. The Balaban J connectivity index is 2.25. The maximum absolute atomic E-state index is 5.56. The molecular weight excluding hydrogens is 194 g/mol. The lowest BCUT2D eigenvalue weighted by Gasteiger charge is -2.11. The number of quaternary nitrogens is 1. The highest BCUT2D eigenvalue weighted by Gasteiger charge is 2.22. The first-order valence-corrected chi connectivity index (χ1v) is 5.02. The summed E-state index contributed by atoms with van der Waals surface area (Å²) in [5, 5.41) is 2.17.